The maximum atomic E-state index is 13.4. The summed E-state index contributed by atoms with van der Waals surface area (Å²) in [6.45, 7) is 4.99. The average Bonchev–Trinajstić information content (AvgIpc) is 2.97. The number of ketones is 1. The molecule has 1 saturated carbocycles. The molecule has 1 aliphatic carbocycles. The standard InChI is InChI=1S/C32H51N5O7/c1-20-14-25(39)15-21(2)26(20)17-27(33)32(43)36-22(3)31(42)35-18-29(40)37(13-9-8-12-24(38)19-44-4)28(30(34)41)16-23-10-6-5-7-11-23/h14-15,22-23,27-28,39H,5-13,16-19,33H2,1-4H3,(H2,34,41)(H,35,42)(H,36,43)/t22-,27+,28+/m1/s1. The van der Waals surface area contributed by atoms with E-state index in [4.69, 9.17) is 16.2 Å². The first-order valence-electron chi connectivity index (χ1n) is 15.6. The monoisotopic (exact) mass is 617 g/mol. The Morgan fingerprint density at radius 2 is 1.68 bits per heavy atom. The van der Waals surface area contributed by atoms with Crippen LogP contribution in [0.3, 0.4) is 0 Å². The molecular weight excluding hydrogens is 566 g/mol. The Bertz CT molecular complexity index is 1130. The highest BCUT2D eigenvalue weighted by Gasteiger charge is 2.31. The van der Waals surface area contributed by atoms with E-state index in [2.05, 4.69) is 10.6 Å². The third-order valence-corrected chi connectivity index (χ3v) is 8.32. The summed E-state index contributed by atoms with van der Waals surface area (Å²) in [5.41, 5.74) is 14.4. The zero-order chi connectivity index (χ0) is 32.8. The first-order chi connectivity index (χ1) is 20.8. The minimum absolute atomic E-state index is 0.0238. The maximum absolute atomic E-state index is 13.4. The van der Waals surface area contributed by atoms with Crippen LogP contribution in [0.4, 0.5) is 0 Å². The van der Waals surface area contributed by atoms with Gasteiger partial charge in [-0.2, -0.15) is 0 Å². The van der Waals surface area contributed by atoms with E-state index in [1.54, 1.807) is 12.1 Å². The highest BCUT2D eigenvalue weighted by atomic mass is 16.5. The molecule has 0 spiro atoms. The van der Waals surface area contributed by atoms with E-state index in [0.29, 0.717) is 25.7 Å². The highest BCUT2D eigenvalue weighted by molar-refractivity contribution is 5.93. The van der Waals surface area contributed by atoms with E-state index in [0.717, 1.165) is 48.8 Å². The second-order valence-electron chi connectivity index (χ2n) is 12.0. The summed E-state index contributed by atoms with van der Waals surface area (Å²) in [4.78, 5) is 64.8. The van der Waals surface area contributed by atoms with Crippen molar-refractivity contribution >= 4 is 29.4 Å². The number of nitrogens with zero attached hydrogens (tertiary/aromatic N) is 1. The molecule has 2 rings (SSSR count). The van der Waals surface area contributed by atoms with Crippen LogP contribution in [-0.4, -0.2) is 84.4 Å². The lowest BCUT2D eigenvalue weighted by Gasteiger charge is -2.33. The zero-order valence-corrected chi connectivity index (χ0v) is 26.7. The molecule has 0 radical (unpaired) electrons. The van der Waals surface area contributed by atoms with Crippen molar-refractivity contribution in [1.82, 2.24) is 15.5 Å². The number of Topliss-reactive ketones (excluding diaryl/α,β-unsaturated/α-hetero) is 1. The Kier molecular flexibility index (Phi) is 15.3. The van der Waals surface area contributed by atoms with Crippen molar-refractivity contribution in [3.8, 4) is 5.75 Å². The largest absolute Gasteiger partial charge is 0.508 e. The number of nitrogens with two attached hydrogens (primary N) is 2. The van der Waals surface area contributed by atoms with E-state index in [9.17, 15) is 29.1 Å². The van der Waals surface area contributed by atoms with Crippen molar-refractivity contribution in [2.75, 3.05) is 26.8 Å². The Morgan fingerprint density at radius 3 is 2.27 bits per heavy atom. The molecule has 0 heterocycles. The molecule has 0 aliphatic heterocycles. The van der Waals surface area contributed by atoms with E-state index in [1.807, 2.05) is 13.8 Å². The van der Waals surface area contributed by atoms with Crippen LogP contribution in [0.1, 0.15) is 81.4 Å². The number of benzene rings is 1. The SMILES string of the molecule is COCC(=O)CCCCN(C(=O)CNC(=O)[C@@H](C)NC(=O)[C@@H](N)Cc1c(C)cc(O)cc1C)[C@@H](CC1CCCCC1)C(N)=O. The number of hydrogen-bond acceptors (Lipinski definition) is 8. The number of phenolic OH excluding ortho intramolecular Hbond substituents is 1. The van der Waals surface area contributed by atoms with Crippen LogP contribution in [0.25, 0.3) is 0 Å². The summed E-state index contributed by atoms with van der Waals surface area (Å²) in [7, 11) is 1.45. The number of aromatic hydroxyl groups is 1. The number of primary amides is 1. The maximum Gasteiger partial charge on any atom is 0.242 e. The molecule has 7 N–H and O–H groups in total. The first-order valence-corrected chi connectivity index (χ1v) is 15.6. The average molecular weight is 618 g/mol. The molecule has 246 valence electrons. The Morgan fingerprint density at radius 1 is 1.05 bits per heavy atom. The van der Waals surface area contributed by atoms with Crippen molar-refractivity contribution in [2.45, 2.75) is 103 Å². The quantitative estimate of drug-likeness (QED) is 0.153. The van der Waals surface area contributed by atoms with E-state index >= 15 is 0 Å². The molecule has 1 aromatic rings. The van der Waals surface area contributed by atoms with Gasteiger partial charge in [-0.25, -0.2) is 0 Å². The molecule has 0 aromatic heterocycles. The molecular formula is C32H51N5O7. The molecule has 1 fully saturated rings. The Balaban J connectivity index is 2.00. The second-order valence-corrected chi connectivity index (χ2v) is 12.0. The van der Waals surface area contributed by atoms with Gasteiger partial charge in [0.1, 0.15) is 24.4 Å². The van der Waals surface area contributed by atoms with Gasteiger partial charge in [0.25, 0.3) is 0 Å². The molecule has 0 bridgehead atoms. The van der Waals surface area contributed by atoms with Crippen molar-refractivity contribution in [3.63, 3.8) is 0 Å². The van der Waals surface area contributed by atoms with Crippen LogP contribution >= 0.6 is 0 Å². The summed E-state index contributed by atoms with van der Waals surface area (Å²) in [6.07, 6.45) is 7.21. The molecule has 12 heteroatoms. The van der Waals surface area contributed by atoms with Crippen molar-refractivity contribution in [2.24, 2.45) is 17.4 Å². The first kappa shape index (κ1) is 36.7. The molecule has 1 aliphatic rings. The van der Waals surface area contributed by atoms with Gasteiger partial charge in [-0.1, -0.05) is 32.1 Å². The van der Waals surface area contributed by atoms with Gasteiger partial charge in [0.05, 0.1) is 12.6 Å². The summed E-state index contributed by atoms with van der Waals surface area (Å²) in [5, 5.41) is 14.9. The highest BCUT2D eigenvalue weighted by Crippen LogP contribution is 2.29. The van der Waals surface area contributed by atoms with Gasteiger partial charge < -0.3 is 36.8 Å². The molecule has 0 saturated heterocycles. The molecule has 4 amide bonds. The molecule has 0 unspecified atom stereocenters. The number of nitrogens with one attached hydrogen (secondary N) is 2. The molecule has 1 aromatic carbocycles. The Hall–Kier alpha value is -3.51. The topological polar surface area (TPSA) is 194 Å². The third-order valence-electron chi connectivity index (χ3n) is 8.32. The van der Waals surface area contributed by atoms with Crippen LogP contribution in [-0.2, 0) is 35.1 Å². The third kappa shape index (κ3) is 11.9. The Labute approximate surface area is 260 Å². The van der Waals surface area contributed by atoms with Crippen molar-refractivity contribution in [3.05, 3.63) is 28.8 Å². The molecule has 44 heavy (non-hydrogen) atoms. The lowest BCUT2D eigenvalue weighted by molar-refractivity contribution is -0.140. The number of carbonyl (C=O) groups excluding carboxylic acids is 5. The fourth-order valence-corrected chi connectivity index (χ4v) is 5.84. The summed E-state index contributed by atoms with van der Waals surface area (Å²) >= 11 is 0. The smallest absolute Gasteiger partial charge is 0.242 e. The van der Waals surface area contributed by atoms with E-state index in [1.165, 1.54) is 18.9 Å². The number of aryl methyl sites for hydroxylation is 2. The number of phenols is 1. The summed E-state index contributed by atoms with van der Waals surface area (Å²) in [5.74, 6) is -1.80. The van der Waals surface area contributed by atoms with Gasteiger partial charge in [-0.05, 0) is 81.2 Å². The lowest BCUT2D eigenvalue weighted by atomic mass is 9.84. The molecule has 12 nitrogen and oxygen atoms in total. The van der Waals surface area contributed by atoms with Crippen molar-refractivity contribution < 1.29 is 33.8 Å². The number of hydrogen-bond donors (Lipinski definition) is 5. The van der Waals surface area contributed by atoms with Crippen LogP contribution in [0.15, 0.2) is 12.1 Å². The normalized spacial score (nSPS) is 15.6. The van der Waals surface area contributed by atoms with Crippen LogP contribution < -0.4 is 22.1 Å². The second kappa shape index (κ2) is 18.3. The van der Waals surface area contributed by atoms with Crippen LogP contribution in [0.2, 0.25) is 0 Å². The number of ether oxygens (including phenoxy) is 1. The fraction of sp³-hybridized carbons (Fsp3) is 0.656. The number of methoxy groups -OCH3 is 1. The van der Waals surface area contributed by atoms with Crippen LogP contribution in [0.5, 0.6) is 5.75 Å². The van der Waals surface area contributed by atoms with Gasteiger partial charge in [0.2, 0.25) is 23.6 Å². The lowest BCUT2D eigenvalue weighted by Crippen LogP contribution is -2.54. The zero-order valence-electron chi connectivity index (χ0n) is 26.7. The van der Waals surface area contributed by atoms with Gasteiger partial charge >= 0.3 is 0 Å². The van der Waals surface area contributed by atoms with E-state index < -0.39 is 41.8 Å². The predicted octanol–water partition coefficient (Wildman–Crippen LogP) is 1.54. The van der Waals surface area contributed by atoms with Crippen LogP contribution in [0, 0.1) is 19.8 Å². The number of amides is 4. The number of unbranched alkanes of at least 4 members (excludes halogenated alkanes) is 1. The minimum Gasteiger partial charge on any atom is -0.508 e. The summed E-state index contributed by atoms with van der Waals surface area (Å²) in [6, 6.07) is 0.470. The van der Waals surface area contributed by atoms with E-state index in [-0.39, 0.29) is 43.6 Å². The van der Waals surface area contributed by atoms with Gasteiger partial charge in [0, 0.05) is 20.1 Å². The van der Waals surface area contributed by atoms with Gasteiger partial charge in [0.15, 0.2) is 5.78 Å². The predicted molar refractivity (Wildman–Crippen MR) is 166 cm³/mol. The van der Waals surface area contributed by atoms with Gasteiger partial charge in [-0.3, -0.25) is 24.0 Å². The summed E-state index contributed by atoms with van der Waals surface area (Å²) < 4.78 is 4.87. The molecule has 3 atom stereocenters. The van der Waals surface area contributed by atoms with Gasteiger partial charge in [-0.15, -0.1) is 0 Å². The minimum atomic E-state index is -0.974. The number of rotatable bonds is 18. The fourth-order valence-electron chi connectivity index (χ4n) is 5.84. The number of carbonyl (C=O) groups is 5. The van der Waals surface area contributed by atoms with Crippen molar-refractivity contribution in [1.29, 1.82) is 0 Å².